The van der Waals surface area contributed by atoms with Crippen LogP contribution in [0.3, 0.4) is 0 Å². The van der Waals surface area contributed by atoms with Crippen molar-refractivity contribution in [2.45, 2.75) is 12.5 Å². The van der Waals surface area contributed by atoms with E-state index in [0.29, 0.717) is 24.5 Å². The van der Waals surface area contributed by atoms with Crippen molar-refractivity contribution in [2.75, 3.05) is 32.1 Å². The molecule has 1 aliphatic rings. The maximum atomic E-state index is 12.8. The topological polar surface area (TPSA) is 74.3 Å². The highest BCUT2D eigenvalue weighted by Crippen LogP contribution is 2.21. The summed E-state index contributed by atoms with van der Waals surface area (Å²) in [6.45, 7) is 1.22. The van der Waals surface area contributed by atoms with Gasteiger partial charge >= 0.3 is 0 Å². The van der Waals surface area contributed by atoms with Gasteiger partial charge in [-0.3, -0.25) is 9.78 Å². The number of nitrogens with one attached hydrogen (secondary N) is 1. The zero-order valence-electron chi connectivity index (χ0n) is 14.8. The molecule has 0 aliphatic carbocycles. The lowest BCUT2D eigenvalue weighted by molar-refractivity contribution is 0.0771. The SMILES string of the molecule is CN(C)c1cncc(O[C@H]2CCN(C(=O)c3ccc4cc[nH]c4c3)C2)n1. The first-order chi connectivity index (χ1) is 12.6. The van der Waals surface area contributed by atoms with Crippen molar-refractivity contribution in [3.8, 4) is 5.88 Å². The highest BCUT2D eigenvalue weighted by Gasteiger charge is 2.28. The summed E-state index contributed by atoms with van der Waals surface area (Å²) in [6, 6.07) is 7.73. The Morgan fingerprint density at radius 2 is 2.19 bits per heavy atom. The summed E-state index contributed by atoms with van der Waals surface area (Å²) in [4.78, 5) is 28.2. The van der Waals surface area contributed by atoms with Crippen LogP contribution >= 0.6 is 0 Å². The molecule has 26 heavy (non-hydrogen) atoms. The number of rotatable bonds is 4. The van der Waals surface area contributed by atoms with Crippen LogP contribution in [0.4, 0.5) is 5.82 Å². The van der Waals surface area contributed by atoms with E-state index in [1.54, 1.807) is 12.4 Å². The van der Waals surface area contributed by atoms with Crippen molar-refractivity contribution in [3.63, 3.8) is 0 Å². The number of hydrogen-bond donors (Lipinski definition) is 1. The van der Waals surface area contributed by atoms with Gasteiger partial charge in [-0.1, -0.05) is 6.07 Å². The second kappa shape index (κ2) is 6.67. The number of aromatic nitrogens is 3. The van der Waals surface area contributed by atoms with Crippen LogP contribution in [0.1, 0.15) is 16.8 Å². The number of ether oxygens (including phenoxy) is 1. The number of H-pyrrole nitrogens is 1. The fourth-order valence-electron chi connectivity index (χ4n) is 3.15. The molecule has 0 radical (unpaired) electrons. The van der Waals surface area contributed by atoms with Crippen LogP contribution in [0.2, 0.25) is 0 Å². The van der Waals surface area contributed by atoms with E-state index in [2.05, 4.69) is 15.0 Å². The molecule has 1 aromatic carbocycles. The molecule has 1 saturated heterocycles. The minimum absolute atomic E-state index is 0.0285. The van der Waals surface area contributed by atoms with E-state index in [1.807, 2.05) is 54.4 Å². The predicted octanol–water partition coefficient (Wildman–Crippen LogP) is 2.32. The standard InChI is InChI=1S/C19H21N5O2/c1-23(2)17-10-20-11-18(22-17)26-15-6-8-24(12-15)19(25)14-4-3-13-5-7-21-16(13)9-14/h3-5,7,9-11,15,21H,6,8,12H2,1-2H3/t15-/m0/s1. The number of anilines is 1. The molecule has 0 bridgehead atoms. The molecule has 0 spiro atoms. The number of aromatic amines is 1. The van der Waals surface area contributed by atoms with Crippen LogP contribution < -0.4 is 9.64 Å². The zero-order chi connectivity index (χ0) is 18.1. The van der Waals surface area contributed by atoms with Gasteiger partial charge in [0.15, 0.2) is 5.82 Å². The van der Waals surface area contributed by atoms with Crippen molar-refractivity contribution in [1.29, 1.82) is 0 Å². The van der Waals surface area contributed by atoms with Gasteiger partial charge in [0.2, 0.25) is 5.88 Å². The van der Waals surface area contributed by atoms with Gasteiger partial charge in [-0.2, -0.15) is 4.98 Å². The Morgan fingerprint density at radius 3 is 3.04 bits per heavy atom. The third-order valence-electron chi connectivity index (χ3n) is 4.58. The van der Waals surface area contributed by atoms with Gasteiger partial charge in [-0.05, 0) is 23.6 Å². The van der Waals surface area contributed by atoms with Gasteiger partial charge in [0.05, 0.1) is 18.9 Å². The maximum absolute atomic E-state index is 12.8. The molecular weight excluding hydrogens is 330 g/mol. The summed E-state index contributed by atoms with van der Waals surface area (Å²) in [5, 5.41) is 1.10. The molecule has 1 fully saturated rings. The summed E-state index contributed by atoms with van der Waals surface area (Å²) in [5.74, 6) is 1.26. The molecule has 2 aromatic heterocycles. The Bertz CT molecular complexity index is 936. The zero-order valence-corrected chi connectivity index (χ0v) is 14.8. The third-order valence-corrected chi connectivity index (χ3v) is 4.58. The molecule has 0 saturated carbocycles. The molecule has 7 heteroatoms. The number of fused-ring (bicyclic) bond motifs is 1. The third kappa shape index (κ3) is 3.20. The van der Waals surface area contributed by atoms with Crippen molar-refractivity contribution in [2.24, 2.45) is 0 Å². The number of hydrogen-bond acceptors (Lipinski definition) is 5. The van der Waals surface area contributed by atoms with Crippen molar-refractivity contribution in [1.82, 2.24) is 19.9 Å². The van der Waals surface area contributed by atoms with Crippen molar-refractivity contribution < 1.29 is 9.53 Å². The molecule has 1 atom stereocenters. The fraction of sp³-hybridized carbons (Fsp3) is 0.316. The lowest BCUT2D eigenvalue weighted by atomic mass is 10.1. The molecule has 0 unspecified atom stereocenters. The molecule has 4 rings (SSSR count). The summed E-state index contributed by atoms with van der Waals surface area (Å²) >= 11 is 0. The predicted molar refractivity (Wildman–Crippen MR) is 99.6 cm³/mol. The van der Waals surface area contributed by atoms with Gasteiger partial charge < -0.3 is 19.5 Å². The van der Waals surface area contributed by atoms with Crippen molar-refractivity contribution >= 4 is 22.6 Å². The largest absolute Gasteiger partial charge is 0.471 e. The van der Waals surface area contributed by atoms with Gasteiger partial charge in [-0.15, -0.1) is 0 Å². The molecule has 3 aromatic rings. The van der Waals surface area contributed by atoms with Crippen molar-refractivity contribution in [3.05, 3.63) is 48.4 Å². The van der Waals surface area contributed by atoms with Crippen LogP contribution in [0.5, 0.6) is 5.88 Å². The smallest absolute Gasteiger partial charge is 0.254 e. The van der Waals surface area contributed by atoms with E-state index < -0.39 is 0 Å². The van der Waals surface area contributed by atoms with Gasteiger partial charge in [0.25, 0.3) is 5.91 Å². The molecule has 1 N–H and O–H groups in total. The Kier molecular flexibility index (Phi) is 4.20. The van der Waals surface area contributed by atoms with Crippen LogP contribution in [-0.2, 0) is 0 Å². The van der Waals surface area contributed by atoms with Crippen LogP contribution in [0.15, 0.2) is 42.9 Å². The molecule has 1 aliphatic heterocycles. The van der Waals surface area contributed by atoms with E-state index >= 15 is 0 Å². The normalized spacial score (nSPS) is 16.8. The average Bonchev–Trinajstić information content (AvgIpc) is 3.30. The quantitative estimate of drug-likeness (QED) is 0.781. The summed E-state index contributed by atoms with van der Waals surface area (Å²) in [5.41, 5.74) is 1.66. The first-order valence-electron chi connectivity index (χ1n) is 8.62. The molecule has 1 amide bonds. The summed E-state index contributed by atoms with van der Waals surface area (Å²) < 4.78 is 5.94. The van der Waals surface area contributed by atoms with E-state index in [4.69, 9.17) is 4.74 Å². The minimum atomic E-state index is -0.0696. The van der Waals surface area contributed by atoms with E-state index in [9.17, 15) is 4.79 Å². The number of nitrogens with zero attached hydrogens (tertiary/aromatic N) is 4. The first kappa shape index (κ1) is 16.4. The Hall–Kier alpha value is -3.09. The molecular formula is C19H21N5O2. The summed E-state index contributed by atoms with van der Waals surface area (Å²) in [6.07, 6.45) is 5.89. The number of benzene rings is 1. The van der Waals surface area contributed by atoms with Crippen LogP contribution in [0, 0.1) is 0 Å². The Labute approximate surface area is 151 Å². The maximum Gasteiger partial charge on any atom is 0.254 e. The fourth-order valence-corrected chi connectivity index (χ4v) is 3.15. The van der Waals surface area contributed by atoms with Crippen LogP contribution in [0.25, 0.3) is 10.9 Å². The van der Waals surface area contributed by atoms with E-state index in [1.165, 1.54) is 0 Å². The number of likely N-dealkylation sites (tertiary alicyclic amines) is 1. The molecule has 7 nitrogen and oxygen atoms in total. The van der Waals surface area contributed by atoms with Gasteiger partial charge in [0, 0.05) is 44.3 Å². The first-order valence-corrected chi connectivity index (χ1v) is 8.62. The van der Waals surface area contributed by atoms with Gasteiger partial charge in [-0.25, -0.2) is 0 Å². The summed E-state index contributed by atoms with van der Waals surface area (Å²) in [7, 11) is 3.81. The highest BCUT2D eigenvalue weighted by atomic mass is 16.5. The average molecular weight is 351 g/mol. The number of carbonyl (C=O) groups is 1. The highest BCUT2D eigenvalue weighted by molar-refractivity contribution is 5.98. The lowest BCUT2D eigenvalue weighted by Gasteiger charge is -2.18. The Morgan fingerprint density at radius 1 is 1.31 bits per heavy atom. The van der Waals surface area contributed by atoms with E-state index in [0.717, 1.165) is 23.1 Å². The number of carbonyl (C=O) groups excluding carboxylic acids is 1. The second-order valence-corrected chi connectivity index (χ2v) is 6.67. The monoisotopic (exact) mass is 351 g/mol. The Balaban J connectivity index is 1.43. The minimum Gasteiger partial charge on any atom is -0.471 e. The lowest BCUT2D eigenvalue weighted by Crippen LogP contribution is -2.31. The van der Waals surface area contributed by atoms with Gasteiger partial charge in [0.1, 0.15) is 6.10 Å². The molecule has 134 valence electrons. The molecule has 3 heterocycles. The number of amides is 1. The second-order valence-electron chi connectivity index (χ2n) is 6.67. The van der Waals surface area contributed by atoms with Crippen LogP contribution in [-0.4, -0.2) is 59.0 Å². The van der Waals surface area contributed by atoms with E-state index in [-0.39, 0.29) is 12.0 Å².